The molecule has 0 radical (unpaired) electrons. The Hall–Kier alpha value is -1.22. The van der Waals surface area contributed by atoms with Crippen molar-refractivity contribution >= 4 is 12.7 Å². The molecule has 2 aliphatic rings. The van der Waals surface area contributed by atoms with Gasteiger partial charge in [0.15, 0.2) is 0 Å². The van der Waals surface area contributed by atoms with Crippen molar-refractivity contribution in [1.29, 1.82) is 0 Å². The monoisotopic (exact) mass is 409 g/mol. The van der Waals surface area contributed by atoms with Gasteiger partial charge in [-0.3, -0.25) is 0 Å². The van der Waals surface area contributed by atoms with Gasteiger partial charge in [0.25, 0.3) is 0 Å². The third-order valence-corrected chi connectivity index (χ3v) is 7.30. The number of allylic oxidation sites excluding steroid dienone is 2. The van der Waals surface area contributed by atoms with Gasteiger partial charge in [-0.15, -0.1) is 0 Å². The Kier molecular flexibility index (Phi) is 9.37. The smallest absolute Gasteiger partial charge is 0.416 e. The first-order chi connectivity index (χ1) is 14.8. The molecule has 0 spiro atoms. The van der Waals surface area contributed by atoms with E-state index < -0.39 is 0 Å². The van der Waals surface area contributed by atoms with E-state index in [1.807, 2.05) is 0 Å². The highest BCUT2D eigenvalue weighted by Gasteiger charge is 2.56. The normalized spacial score (nSPS) is 18.2. The zero-order chi connectivity index (χ0) is 21.2. The molecule has 1 aromatic carbocycles. The van der Waals surface area contributed by atoms with Crippen LogP contribution >= 0.6 is 0 Å². The lowest BCUT2D eigenvalue weighted by Crippen LogP contribution is -2.46. The second kappa shape index (κ2) is 12.0. The molecule has 30 heavy (non-hydrogen) atoms. The first-order valence-corrected chi connectivity index (χ1v) is 13.0. The Morgan fingerprint density at radius 1 is 0.833 bits per heavy atom. The Balaban J connectivity index is 1.97. The highest BCUT2D eigenvalue weighted by Crippen LogP contribution is 2.60. The minimum absolute atomic E-state index is 0.183. The van der Waals surface area contributed by atoms with Crippen molar-refractivity contribution in [3.05, 3.63) is 41.6 Å². The van der Waals surface area contributed by atoms with E-state index in [4.69, 9.17) is 4.65 Å². The van der Waals surface area contributed by atoms with Crippen molar-refractivity contribution in [1.82, 2.24) is 0 Å². The molecule has 0 fully saturated rings. The standard InChI is InChI=1S/C27H44BNO/c1-4-7-10-16-23-30-28-27(21-8-5-2,22-9-6-3)25-19-14-15-20-26(25)29(28)24-17-12-11-13-18-24/h11-13,17-18H,4-10,14-16,19-23H2,1-3H3. The summed E-state index contributed by atoms with van der Waals surface area (Å²) < 4.78 is 6.90. The predicted molar refractivity (Wildman–Crippen MR) is 132 cm³/mol. The van der Waals surface area contributed by atoms with Crippen LogP contribution in [-0.2, 0) is 4.65 Å². The van der Waals surface area contributed by atoms with E-state index in [0.717, 1.165) is 6.61 Å². The number of para-hydroxylation sites is 1. The van der Waals surface area contributed by atoms with Crippen LogP contribution in [0.3, 0.4) is 0 Å². The summed E-state index contributed by atoms with van der Waals surface area (Å²) >= 11 is 0. The Bertz CT molecular complexity index is 648. The Labute approximate surface area is 186 Å². The van der Waals surface area contributed by atoms with Crippen molar-refractivity contribution in [2.75, 3.05) is 11.4 Å². The maximum absolute atomic E-state index is 6.90. The largest absolute Gasteiger partial charge is 0.431 e. The topological polar surface area (TPSA) is 12.5 Å². The molecular formula is C27H44BNO. The minimum Gasteiger partial charge on any atom is -0.416 e. The number of nitrogens with zero attached hydrogens (tertiary/aromatic N) is 1. The third-order valence-electron chi connectivity index (χ3n) is 7.30. The number of benzene rings is 1. The number of hydrogen-bond acceptors (Lipinski definition) is 2. The molecule has 3 heteroatoms. The summed E-state index contributed by atoms with van der Waals surface area (Å²) in [6.45, 7) is 7.87. The van der Waals surface area contributed by atoms with E-state index in [9.17, 15) is 0 Å². The molecule has 3 rings (SSSR count). The Morgan fingerprint density at radius 3 is 2.17 bits per heavy atom. The molecule has 0 atom stereocenters. The lowest BCUT2D eigenvalue weighted by molar-refractivity contribution is 0.280. The van der Waals surface area contributed by atoms with Crippen LogP contribution in [0.15, 0.2) is 41.6 Å². The van der Waals surface area contributed by atoms with Crippen molar-refractivity contribution in [2.45, 2.75) is 116 Å². The van der Waals surface area contributed by atoms with Crippen LogP contribution in [0.2, 0.25) is 5.31 Å². The number of hydrogen-bond donors (Lipinski definition) is 0. The minimum atomic E-state index is 0.183. The maximum Gasteiger partial charge on any atom is 0.431 e. The summed E-state index contributed by atoms with van der Waals surface area (Å²) in [5.41, 5.74) is 4.71. The number of rotatable bonds is 13. The second-order valence-electron chi connectivity index (χ2n) is 9.48. The van der Waals surface area contributed by atoms with E-state index in [1.54, 1.807) is 11.3 Å². The summed E-state index contributed by atoms with van der Waals surface area (Å²) in [5.74, 6) is 0. The van der Waals surface area contributed by atoms with Crippen molar-refractivity contribution in [3.8, 4) is 0 Å². The predicted octanol–water partition coefficient (Wildman–Crippen LogP) is 8.54. The molecule has 1 aromatic rings. The van der Waals surface area contributed by atoms with Crippen LogP contribution in [0.5, 0.6) is 0 Å². The van der Waals surface area contributed by atoms with Crippen molar-refractivity contribution < 1.29 is 4.65 Å². The Morgan fingerprint density at radius 2 is 1.50 bits per heavy atom. The summed E-state index contributed by atoms with van der Waals surface area (Å²) in [6, 6.07) is 11.1. The van der Waals surface area contributed by atoms with Crippen molar-refractivity contribution in [3.63, 3.8) is 0 Å². The zero-order valence-electron chi connectivity index (χ0n) is 19.9. The summed E-state index contributed by atoms with van der Waals surface area (Å²) in [7, 11) is 0.183. The maximum atomic E-state index is 6.90. The second-order valence-corrected chi connectivity index (χ2v) is 9.48. The average molecular weight is 409 g/mol. The van der Waals surface area contributed by atoms with E-state index >= 15 is 0 Å². The van der Waals surface area contributed by atoms with Gasteiger partial charge in [-0.2, -0.15) is 0 Å². The summed E-state index contributed by atoms with van der Waals surface area (Å²) in [6.07, 6.45) is 18.0. The van der Waals surface area contributed by atoms with Crippen LogP contribution < -0.4 is 4.81 Å². The van der Waals surface area contributed by atoms with Crippen LogP contribution in [0.4, 0.5) is 5.69 Å². The quantitative estimate of drug-likeness (QED) is 0.239. The molecule has 0 N–H and O–H groups in total. The van der Waals surface area contributed by atoms with E-state index in [0.29, 0.717) is 0 Å². The first kappa shape index (κ1) is 23.4. The highest BCUT2D eigenvalue weighted by molar-refractivity contribution is 6.63. The highest BCUT2D eigenvalue weighted by atomic mass is 16.4. The molecule has 2 nitrogen and oxygen atoms in total. The van der Waals surface area contributed by atoms with Gasteiger partial charge in [0.2, 0.25) is 0 Å². The average Bonchev–Trinajstić information content (AvgIpc) is 3.06. The van der Waals surface area contributed by atoms with Gasteiger partial charge >= 0.3 is 7.05 Å². The molecule has 1 heterocycles. The molecular weight excluding hydrogens is 365 g/mol. The van der Waals surface area contributed by atoms with Gasteiger partial charge in [0.05, 0.1) is 0 Å². The number of unbranched alkanes of at least 4 members (excludes halogenated alkanes) is 5. The zero-order valence-corrected chi connectivity index (χ0v) is 19.9. The van der Waals surface area contributed by atoms with Gasteiger partial charge < -0.3 is 9.47 Å². The van der Waals surface area contributed by atoms with Gasteiger partial charge in [-0.25, -0.2) is 0 Å². The van der Waals surface area contributed by atoms with E-state index in [-0.39, 0.29) is 12.4 Å². The molecule has 0 amide bonds. The van der Waals surface area contributed by atoms with Gasteiger partial charge in [0, 0.05) is 23.3 Å². The fourth-order valence-electron chi connectivity index (χ4n) is 5.73. The fourth-order valence-corrected chi connectivity index (χ4v) is 5.73. The SMILES string of the molecule is CCCCCCOB1N(c2ccccc2)C2=C(CCCC2)C1(CCCC)CCCC. The molecule has 1 aliphatic carbocycles. The molecule has 0 aromatic heterocycles. The van der Waals surface area contributed by atoms with Crippen LogP contribution in [0, 0.1) is 0 Å². The molecule has 1 aliphatic heterocycles. The fraction of sp³-hybridized carbons (Fsp3) is 0.704. The lowest BCUT2D eigenvalue weighted by atomic mass is 9.47. The first-order valence-electron chi connectivity index (χ1n) is 13.0. The summed E-state index contributed by atoms with van der Waals surface area (Å²) in [4.78, 5) is 2.64. The lowest BCUT2D eigenvalue weighted by Gasteiger charge is -2.38. The van der Waals surface area contributed by atoms with E-state index in [2.05, 4.69) is 55.9 Å². The molecule has 166 valence electrons. The molecule has 0 bridgehead atoms. The molecule has 0 saturated heterocycles. The van der Waals surface area contributed by atoms with Crippen LogP contribution in [-0.4, -0.2) is 13.7 Å². The molecule has 0 unspecified atom stereocenters. The van der Waals surface area contributed by atoms with Crippen molar-refractivity contribution in [2.24, 2.45) is 0 Å². The van der Waals surface area contributed by atoms with Crippen LogP contribution in [0.1, 0.15) is 111 Å². The molecule has 0 saturated carbocycles. The van der Waals surface area contributed by atoms with Gasteiger partial charge in [-0.05, 0) is 62.7 Å². The van der Waals surface area contributed by atoms with Crippen LogP contribution in [0.25, 0.3) is 0 Å². The number of anilines is 1. The van der Waals surface area contributed by atoms with E-state index in [1.165, 1.54) is 95.6 Å². The third kappa shape index (κ3) is 5.15. The van der Waals surface area contributed by atoms with Gasteiger partial charge in [-0.1, -0.05) is 83.9 Å². The summed E-state index contributed by atoms with van der Waals surface area (Å²) in [5, 5.41) is 0.211. The van der Waals surface area contributed by atoms with Gasteiger partial charge in [0.1, 0.15) is 0 Å².